The van der Waals surface area contributed by atoms with Crippen LogP contribution in [0.1, 0.15) is 17.7 Å². The molecule has 2 nitrogen and oxygen atoms in total. The topological polar surface area (TPSA) is 16.1 Å². The van der Waals surface area contributed by atoms with Crippen LogP contribution in [-0.4, -0.2) is 18.1 Å². The van der Waals surface area contributed by atoms with Crippen molar-refractivity contribution in [2.75, 3.05) is 18.0 Å². The summed E-state index contributed by atoms with van der Waals surface area (Å²) < 4.78 is 1.11. The number of hydrogen-bond acceptors (Lipinski definition) is 3. The average Bonchev–Trinajstić information content (AvgIpc) is 2.97. The van der Waals surface area contributed by atoms with Gasteiger partial charge in [-0.2, -0.15) is 0 Å². The van der Waals surface area contributed by atoms with E-state index in [0.717, 1.165) is 23.3 Å². The van der Waals surface area contributed by atoms with Gasteiger partial charge in [-0.05, 0) is 31.9 Å². The number of aryl methyl sites for hydroxylation is 1. The molecule has 94 valence electrons. The molecule has 2 heterocycles. The number of hydrogen-bond donors (Lipinski definition) is 0. The Morgan fingerprint density at radius 1 is 1.28 bits per heavy atom. The van der Waals surface area contributed by atoms with Gasteiger partial charge in [0.1, 0.15) is 0 Å². The summed E-state index contributed by atoms with van der Waals surface area (Å²) in [6.07, 6.45) is 2.59. The highest BCUT2D eigenvalue weighted by Gasteiger charge is 2.18. The van der Waals surface area contributed by atoms with E-state index in [1.54, 1.807) is 0 Å². The molecule has 1 saturated heterocycles. The lowest BCUT2D eigenvalue weighted by atomic mass is 10.1. The van der Waals surface area contributed by atoms with Gasteiger partial charge in [0.15, 0.2) is 5.13 Å². The fourth-order valence-electron chi connectivity index (χ4n) is 2.33. The fourth-order valence-corrected chi connectivity index (χ4v) is 3.71. The van der Waals surface area contributed by atoms with Gasteiger partial charge in [-0.25, -0.2) is 4.98 Å². The quantitative estimate of drug-likeness (QED) is 0.810. The lowest BCUT2D eigenvalue weighted by molar-refractivity contribution is 0.949. The molecule has 1 fully saturated rings. The number of aromatic nitrogens is 1. The van der Waals surface area contributed by atoms with Crippen molar-refractivity contribution in [3.05, 3.63) is 33.6 Å². The molecule has 1 aliphatic heterocycles. The van der Waals surface area contributed by atoms with Crippen LogP contribution in [0.5, 0.6) is 0 Å². The van der Waals surface area contributed by atoms with Gasteiger partial charge < -0.3 is 4.90 Å². The Kier molecular flexibility index (Phi) is 3.39. The van der Waals surface area contributed by atoms with Crippen molar-refractivity contribution in [3.8, 4) is 11.3 Å². The molecule has 18 heavy (non-hydrogen) atoms. The molecule has 1 aromatic carbocycles. The Bertz CT molecular complexity index is 559. The highest BCUT2D eigenvalue weighted by molar-refractivity contribution is 9.10. The zero-order chi connectivity index (χ0) is 12.5. The van der Waals surface area contributed by atoms with E-state index >= 15 is 0 Å². The molecule has 0 unspecified atom stereocenters. The summed E-state index contributed by atoms with van der Waals surface area (Å²) in [5.41, 5.74) is 2.33. The van der Waals surface area contributed by atoms with Crippen molar-refractivity contribution in [1.82, 2.24) is 4.98 Å². The summed E-state index contributed by atoms with van der Waals surface area (Å²) >= 11 is 5.33. The molecule has 1 aliphatic rings. The first-order valence-corrected chi connectivity index (χ1v) is 7.83. The Balaban J connectivity index is 1.97. The molecule has 0 radical (unpaired) electrons. The Labute approximate surface area is 120 Å². The van der Waals surface area contributed by atoms with Gasteiger partial charge >= 0.3 is 0 Å². The summed E-state index contributed by atoms with van der Waals surface area (Å²) in [6, 6.07) is 8.37. The molecule has 0 atom stereocenters. The molecule has 0 aliphatic carbocycles. The third-order valence-electron chi connectivity index (χ3n) is 3.26. The summed E-state index contributed by atoms with van der Waals surface area (Å²) in [4.78, 5) is 8.53. The molecule has 0 N–H and O–H groups in total. The predicted octanol–water partition coefficient (Wildman–Crippen LogP) is 4.48. The largest absolute Gasteiger partial charge is 0.348 e. The van der Waals surface area contributed by atoms with Gasteiger partial charge in [0.05, 0.1) is 5.69 Å². The summed E-state index contributed by atoms with van der Waals surface area (Å²) in [5, 5.41) is 1.18. The van der Waals surface area contributed by atoms with E-state index < -0.39 is 0 Å². The third-order valence-corrected chi connectivity index (χ3v) is 4.78. The first-order chi connectivity index (χ1) is 8.74. The van der Waals surface area contributed by atoms with Gasteiger partial charge in [0.25, 0.3) is 0 Å². The second-order valence-electron chi connectivity index (χ2n) is 4.61. The van der Waals surface area contributed by atoms with Crippen LogP contribution in [0.4, 0.5) is 5.13 Å². The molecular weight excluding hydrogens is 308 g/mol. The standard InChI is InChI=1S/C14H15BrN2S/c1-10-13(11-5-4-6-12(15)9-11)16-14(18-10)17-7-2-3-8-17/h4-6,9H,2-3,7-8H2,1H3. The molecule has 3 rings (SSSR count). The minimum atomic E-state index is 1.11. The molecule has 0 amide bonds. The smallest absolute Gasteiger partial charge is 0.186 e. The van der Waals surface area contributed by atoms with Crippen molar-refractivity contribution in [1.29, 1.82) is 0 Å². The van der Waals surface area contributed by atoms with Crippen molar-refractivity contribution in [2.45, 2.75) is 19.8 Å². The van der Waals surface area contributed by atoms with E-state index in [1.807, 2.05) is 17.4 Å². The van der Waals surface area contributed by atoms with Gasteiger partial charge in [0.2, 0.25) is 0 Å². The maximum atomic E-state index is 4.83. The zero-order valence-corrected chi connectivity index (χ0v) is 12.7. The van der Waals surface area contributed by atoms with Crippen molar-refractivity contribution >= 4 is 32.4 Å². The number of anilines is 1. The van der Waals surface area contributed by atoms with Crippen LogP contribution in [0.3, 0.4) is 0 Å². The number of nitrogens with zero attached hydrogens (tertiary/aromatic N) is 2. The summed E-state index contributed by atoms with van der Waals surface area (Å²) in [5.74, 6) is 0. The van der Waals surface area contributed by atoms with E-state index in [2.05, 4.69) is 46.0 Å². The maximum Gasteiger partial charge on any atom is 0.186 e. The second-order valence-corrected chi connectivity index (χ2v) is 6.70. The monoisotopic (exact) mass is 322 g/mol. The van der Waals surface area contributed by atoms with Crippen LogP contribution < -0.4 is 4.90 Å². The van der Waals surface area contributed by atoms with Crippen molar-refractivity contribution in [2.24, 2.45) is 0 Å². The minimum Gasteiger partial charge on any atom is -0.348 e. The average molecular weight is 323 g/mol. The third kappa shape index (κ3) is 2.31. The van der Waals surface area contributed by atoms with E-state index in [0.29, 0.717) is 0 Å². The van der Waals surface area contributed by atoms with Crippen LogP contribution >= 0.6 is 27.3 Å². The van der Waals surface area contributed by atoms with Crippen LogP contribution in [0.25, 0.3) is 11.3 Å². The van der Waals surface area contributed by atoms with Crippen LogP contribution in [-0.2, 0) is 0 Å². The molecule has 0 spiro atoms. The number of rotatable bonds is 2. The molecule has 0 bridgehead atoms. The van der Waals surface area contributed by atoms with Crippen molar-refractivity contribution in [3.63, 3.8) is 0 Å². The highest BCUT2D eigenvalue weighted by atomic mass is 79.9. The molecule has 4 heteroatoms. The number of halogens is 1. The Morgan fingerprint density at radius 3 is 2.78 bits per heavy atom. The lowest BCUT2D eigenvalue weighted by Gasteiger charge is -2.12. The minimum absolute atomic E-state index is 1.11. The summed E-state index contributed by atoms with van der Waals surface area (Å²) in [7, 11) is 0. The molecule has 1 aromatic heterocycles. The van der Waals surface area contributed by atoms with E-state index in [1.165, 1.54) is 28.4 Å². The number of benzene rings is 1. The normalized spacial score (nSPS) is 15.3. The molecule has 0 saturated carbocycles. The Hall–Kier alpha value is -0.870. The molecule has 2 aromatic rings. The van der Waals surface area contributed by atoms with E-state index in [9.17, 15) is 0 Å². The van der Waals surface area contributed by atoms with Crippen LogP contribution in [0, 0.1) is 6.92 Å². The predicted molar refractivity (Wildman–Crippen MR) is 81.4 cm³/mol. The second kappa shape index (κ2) is 5.02. The first kappa shape index (κ1) is 12.2. The van der Waals surface area contributed by atoms with Crippen LogP contribution in [0.15, 0.2) is 28.7 Å². The lowest BCUT2D eigenvalue weighted by Crippen LogP contribution is -2.17. The summed E-state index contributed by atoms with van der Waals surface area (Å²) in [6.45, 7) is 4.48. The van der Waals surface area contributed by atoms with Crippen molar-refractivity contribution < 1.29 is 0 Å². The molecular formula is C14H15BrN2S. The van der Waals surface area contributed by atoms with Gasteiger partial charge in [-0.3, -0.25) is 0 Å². The van der Waals surface area contributed by atoms with Gasteiger partial charge in [-0.15, -0.1) is 11.3 Å². The Morgan fingerprint density at radius 2 is 2.06 bits per heavy atom. The van der Waals surface area contributed by atoms with Gasteiger partial charge in [0, 0.05) is 28.0 Å². The van der Waals surface area contributed by atoms with E-state index in [-0.39, 0.29) is 0 Å². The number of thiazole rings is 1. The SMILES string of the molecule is Cc1sc(N2CCCC2)nc1-c1cccc(Br)c1. The van der Waals surface area contributed by atoms with E-state index in [4.69, 9.17) is 4.98 Å². The highest BCUT2D eigenvalue weighted by Crippen LogP contribution is 2.34. The first-order valence-electron chi connectivity index (χ1n) is 6.22. The van der Waals surface area contributed by atoms with Gasteiger partial charge in [-0.1, -0.05) is 28.1 Å². The van der Waals surface area contributed by atoms with Crippen LogP contribution in [0.2, 0.25) is 0 Å². The maximum absolute atomic E-state index is 4.83. The fraction of sp³-hybridized carbons (Fsp3) is 0.357. The zero-order valence-electron chi connectivity index (χ0n) is 10.3.